The number of carbonyl (C=O) groups excluding carboxylic acids is 1. The zero-order valence-electron chi connectivity index (χ0n) is 8.84. The highest BCUT2D eigenvalue weighted by Gasteiger charge is 2.15. The number of hydrogen-bond acceptors (Lipinski definition) is 2. The van der Waals surface area contributed by atoms with Crippen LogP contribution in [0.1, 0.15) is 15.9 Å². The molecule has 1 nitrogen and oxygen atoms in total. The van der Waals surface area contributed by atoms with Gasteiger partial charge in [0.1, 0.15) is 5.82 Å². The summed E-state index contributed by atoms with van der Waals surface area (Å²) in [4.78, 5) is 12.1. The van der Waals surface area contributed by atoms with Gasteiger partial charge in [-0.3, -0.25) is 4.79 Å². The molecule has 0 unspecified atom stereocenters. The minimum atomic E-state index is -0.341. The Labute approximate surface area is 133 Å². The molecule has 2 aromatic rings. The van der Waals surface area contributed by atoms with E-state index in [1.165, 1.54) is 23.5 Å². The van der Waals surface area contributed by atoms with Crippen LogP contribution < -0.4 is 0 Å². The van der Waals surface area contributed by atoms with Crippen LogP contribution in [0, 0.1) is 5.82 Å². The van der Waals surface area contributed by atoms with Crippen molar-refractivity contribution in [1.82, 2.24) is 0 Å². The molecule has 0 radical (unpaired) electrons. The maximum atomic E-state index is 13.1. The van der Waals surface area contributed by atoms with Crippen molar-refractivity contribution < 1.29 is 9.18 Å². The van der Waals surface area contributed by atoms with Gasteiger partial charge in [-0.2, -0.15) is 0 Å². The molecule has 0 N–H and O–H groups in total. The van der Waals surface area contributed by atoms with E-state index in [0.717, 1.165) is 12.0 Å². The van der Waals surface area contributed by atoms with Gasteiger partial charge in [-0.25, -0.2) is 4.39 Å². The number of thiophene rings is 1. The van der Waals surface area contributed by atoms with Gasteiger partial charge in [-0.05, 0) is 61.7 Å². The van der Waals surface area contributed by atoms with Crippen molar-refractivity contribution in [2.75, 3.05) is 0 Å². The van der Waals surface area contributed by atoms with Crippen molar-refractivity contribution >= 4 is 64.9 Å². The lowest BCUT2D eigenvalue weighted by Crippen LogP contribution is -2.03. The highest BCUT2D eigenvalue weighted by Crippen LogP contribution is 2.33. The average Bonchev–Trinajstić information content (AvgIpc) is 2.63. The van der Waals surface area contributed by atoms with Crippen molar-refractivity contribution in [3.63, 3.8) is 0 Å². The summed E-state index contributed by atoms with van der Waals surface area (Å²) in [6.07, 6.45) is 0.167. The molecular weight excluding hydrogens is 451 g/mol. The maximum Gasteiger partial charge on any atom is 0.169 e. The Hall–Kier alpha value is -0.0400. The van der Waals surface area contributed by atoms with Gasteiger partial charge in [-0.15, -0.1) is 11.3 Å². The SMILES string of the molecule is O=C(Cc1cc(F)ccc1Br)c1cc(Br)sc1Br. The van der Waals surface area contributed by atoms with Crippen molar-refractivity contribution in [3.8, 4) is 0 Å². The zero-order chi connectivity index (χ0) is 13.3. The molecule has 0 spiro atoms. The van der Waals surface area contributed by atoms with Gasteiger partial charge in [-0.1, -0.05) is 15.9 Å². The number of halogens is 4. The predicted octanol–water partition coefficient (Wildman–Crippen LogP) is 5.60. The summed E-state index contributed by atoms with van der Waals surface area (Å²) in [7, 11) is 0. The largest absolute Gasteiger partial charge is 0.294 e. The second-order valence-electron chi connectivity index (χ2n) is 3.57. The first-order valence-electron chi connectivity index (χ1n) is 4.89. The third kappa shape index (κ3) is 3.29. The second-order valence-corrected chi connectivity index (χ2v) is 8.18. The quantitative estimate of drug-likeness (QED) is 0.549. The first-order chi connectivity index (χ1) is 8.47. The number of hydrogen-bond donors (Lipinski definition) is 0. The van der Waals surface area contributed by atoms with Crippen LogP contribution in [0.3, 0.4) is 0 Å². The molecule has 0 aliphatic rings. The fraction of sp³-hybridized carbons (Fsp3) is 0.0833. The van der Waals surface area contributed by atoms with E-state index in [2.05, 4.69) is 47.8 Å². The molecule has 2 rings (SSSR count). The van der Waals surface area contributed by atoms with E-state index in [9.17, 15) is 9.18 Å². The smallest absolute Gasteiger partial charge is 0.169 e. The van der Waals surface area contributed by atoms with Crippen molar-refractivity contribution in [1.29, 1.82) is 0 Å². The topological polar surface area (TPSA) is 17.1 Å². The highest BCUT2D eigenvalue weighted by atomic mass is 79.9. The lowest BCUT2D eigenvalue weighted by Gasteiger charge is -2.03. The van der Waals surface area contributed by atoms with Crippen LogP contribution >= 0.6 is 59.1 Å². The standard InChI is InChI=1S/C12H6Br3FOS/c13-9-2-1-7(16)3-6(9)4-10(17)8-5-11(14)18-12(8)15/h1-3,5H,4H2. The number of rotatable bonds is 3. The fourth-order valence-corrected chi connectivity index (χ4v) is 4.72. The molecule has 0 fully saturated rings. The molecule has 0 saturated carbocycles. The van der Waals surface area contributed by atoms with Gasteiger partial charge >= 0.3 is 0 Å². The normalized spacial score (nSPS) is 10.7. The highest BCUT2D eigenvalue weighted by molar-refractivity contribution is 9.12. The van der Waals surface area contributed by atoms with E-state index in [0.29, 0.717) is 11.1 Å². The molecule has 6 heteroatoms. The van der Waals surface area contributed by atoms with Gasteiger partial charge in [0.15, 0.2) is 5.78 Å². The lowest BCUT2D eigenvalue weighted by atomic mass is 10.1. The van der Waals surface area contributed by atoms with Crippen LogP contribution in [0.5, 0.6) is 0 Å². The first-order valence-corrected chi connectivity index (χ1v) is 8.09. The number of carbonyl (C=O) groups is 1. The zero-order valence-corrected chi connectivity index (χ0v) is 14.4. The molecule has 0 atom stereocenters. The van der Waals surface area contributed by atoms with Crippen LogP contribution in [0.2, 0.25) is 0 Å². The van der Waals surface area contributed by atoms with Gasteiger partial charge in [0.25, 0.3) is 0 Å². The van der Waals surface area contributed by atoms with Crippen LogP contribution in [0.4, 0.5) is 4.39 Å². The molecule has 0 amide bonds. The Morgan fingerprint density at radius 1 is 1.22 bits per heavy atom. The van der Waals surface area contributed by atoms with Gasteiger partial charge in [0.2, 0.25) is 0 Å². The van der Waals surface area contributed by atoms with Gasteiger partial charge < -0.3 is 0 Å². The summed E-state index contributed by atoms with van der Waals surface area (Å²) in [5, 5.41) is 0. The number of ketones is 1. The minimum absolute atomic E-state index is 0.0462. The number of Topliss-reactive ketones (excluding diaryl/α,β-unsaturated/α-hetero) is 1. The fourth-order valence-electron chi connectivity index (χ4n) is 1.48. The van der Waals surface area contributed by atoms with Crippen LogP contribution in [-0.2, 0) is 6.42 Å². The number of benzene rings is 1. The van der Waals surface area contributed by atoms with E-state index < -0.39 is 0 Å². The Bertz CT molecular complexity index is 609. The molecule has 1 aromatic heterocycles. The molecule has 0 aliphatic heterocycles. The van der Waals surface area contributed by atoms with Gasteiger partial charge in [0.05, 0.1) is 7.57 Å². The molecule has 94 valence electrons. The van der Waals surface area contributed by atoms with Crippen molar-refractivity contribution in [3.05, 3.63) is 53.3 Å². The minimum Gasteiger partial charge on any atom is -0.294 e. The second kappa shape index (κ2) is 5.94. The van der Waals surface area contributed by atoms with E-state index >= 15 is 0 Å². The predicted molar refractivity (Wildman–Crippen MR) is 81.9 cm³/mol. The summed E-state index contributed by atoms with van der Waals surface area (Å²) in [6.45, 7) is 0. The summed E-state index contributed by atoms with van der Waals surface area (Å²) < 4.78 is 15.5. The van der Waals surface area contributed by atoms with Crippen LogP contribution in [-0.4, -0.2) is 5.78 Å². The Morgan fingerprint density at radius 2 is 1.94 bits per heavy atom. The summed E-state index contributed by atoms with van der Waals surface area (Å²) in [5.74, 6) is -0.387. The average molecular weight is 457 g/mol. The molecule has 0 aliphatic carbocycles. The Kier molecular flexibility index (Phi) is 4.75. The maximum absolute atomic E-state index is 13.1. The summed E-state index contributed by atoms with van der Waals surface area (Å²) in [5.41, 5.74) is 1.26. The first kappa shape index (κ1) is 14.4. The Morgan fingerprint density at radius 3 is 2.56 bits per heavy atom. The third-order valence-corrected chi connectivity index (χ3v) is 5.43. The van der Waals surface area contributed by atoms with E-state index in [1.54, 1.807) is 12.1 Å². The molecule has 0 bridgehead atoms. The molecule has 1 heterocycles. The third-order valence-electron chi connectivity index (χ3n) is 2.32. The monoisotopic (exact) mass is 454 g/mol. The molecule has 18 heavy (non-hydrogen) atoms. The summed E-state index contributed by atoms with van der Waals surface area (Å²) in [6, 6.07) is 6.10. The van der Waals surface area contributed by atoms with E-state index in [4.69, 9.17) is 0 Å². The molecule has 0 saturated heterocycles. The van der Waals surface area contributed by atoms with Gasteiger partial charge in [0, 0.05) is 16.5 Å². The van der Waals surface area contributed by atoms with E-state index in [-0.39, 0.29) is 18.0 Å². The summed E-state index contributed by atoms with van der Waals surface area (Å²) >= 11 is 11.4. The Balaban J connectivity index is 2.26. The van der Waals surface area contributed by atoms with Crippen molar-refractivity contribution in [2.24, 2.45) is 0 Å². The molecule has 1 aromatic carbocycles. The van der Waals surface area contributed by atoms with E-state index in [1.807, 2.05) is 0 Å². The van der Waals surface area contributed by atoms with Crippen LogP contribution in [0.15, 0.2) is 36.3 Å². The van der Waals surface area contributed by atoms with Crippen LogP contribution in [0.25, 0.3) is 0 Å². The lowest BCUT2D eigenvalue weighted by molar-refractivity contribution is 0.0992. The molecular formula is C12H6Br3FOS. The van der Waals surface area contributed by atoms with Crippen molar-refractivity contribution in [2.45, 2.75) is 6.42 Å².